The van der Waals surface area contributed by atoms with Crippen LogP contribution >= 0.6 is 0 Å². The molecule has 0 spiro atoms. The zero-order valence-electron chi connectivity index (χ0n) is 9.96. The third kappa shape index (κ3) is 8.10. The van der Waals surface area contributed by atoms with Crippen LogP contribution in [0.3, 0.4) is 0 Å². The summed E-state index contributed by atoms with van der Waals surface area (Å²) in [6.07, 6.45) is 0.884. The van der Waals surface area contributed by atoms with Crippen molar-refractivity contribution in [2.75, 3.05) is 13.1 Å². The molecule has 0 heterocycles. The Hall–Kier alpha value is 0.311. The molecule has 1 aromatic rings. The van der Waals surface area contributed by atoms with Crippen molar-refractivity contribution in [2.45, 2.75) is 13.3 Å². The molecule has 0 saturated carbocycles. The summed E-state index contributed by atoms with van der Waals surface area (Å²) in [6, 6.07) is 6.11. The first kappa shape index (κ1) is 17.3. The number of hydrogen-bond acceptors (Lipinski definition) is 2. The van der Waals surface area contributed by atoms with Gasteiger partial charge >= 0.3 is 58.4 Å². The van der Waals surface area contributed by atoms with Gasteiger partial charge in [-0.25, -0.2) is 0 Å². The van der Waals surface area contributed by atoms with E-state index in [1.54, 1.807) is 12.1 Å². The van der Waals surface area contributed by atoms with Crippen LogP contribution in [-0.4, -0.2) is 20.1 Å². The largest absolute Gasteiger partial charge is 1.00 e. The minimum Gasteiger partial charge on any atom is -0.522 e. The molecule has 17 heavy (non-hydrogen) atoms. The van der Waals surface area contributed by atoms with E-state index in [2.05, 4.69) is 4.74 Å². The van der Waals surface area contributed by atoms with Crippen molar-refractivity contribution in [3.05, 3.63) is 24.3 Å². The summed E-state index contributed by atoms with van der Waals surface area (Å²) in [5.74, 6) is 0.828. The number of rotatable bonds is 6. The Morgan fingerprint density at radius 1 is 1.00 bits per heavy atom. The third-order valence-corrected chi connectivity index (χ3v) is 1.74. The Labute approximate surface area is 141 Å². The summed E-state index contributed by atoms with van der Waals surface area (Å²) < 4.78 is 45.6. The molecule has 0 amide bonds. The van der Waals surface area contributed by atoms with E-state index in [4.69, 9.17) is 4.74 Å². The molecule has 0 saturated heterocycles. The van der Waals surface area contributed by atoms with E-state index in [0.717, 1.165) is 6.42 Å². The van der Waals surface area contributed by atoms with E-state index in [1.807, 2.05) is 6.92 Å². The van der Waals surface area contributed by atoms with Gasteiger partial charge in [-0.05, 0) is 30.7 Å². The smallest absolute Gasteiger partial charge is 0.522 e. The molecule has 7 heteroatoms. The molecule has 2 nitrogen and oxygen atoms in total. The van der Waals surface area contributed by atoms with Crippen molar-refractivity contribution in [2.24, 2.45) is 0 Å². The second-order valence-electron chi connectivity index (χ2n) is 3.34. The first-order chi connectivity index (χ1) is 7.51. The van der Waals surface area contributed by atoms with Gasteiger partial charge in [0.2, 0.25) is 0 Å². The van der Waals surface area contributed by atoms with Gasteiger partial charge in [-0.3, -0.25) is 0 Å². The van der Waals surface area contributed by atoms with Crippen LogP contribution in [0.15, 0.2) is 24.3 Å². The molecule has 0 aliphatic rings. The van der Waals surface area contributed by atoms with Crippen LogP contribution in [0.4, 0.5) is 12.9 Å². The SMILES string of the molecule is CCCOc1ccc(OC[B-](F)(F)F)cc1.[K+]. The molecule has 1 aromatic carbocycles. The van der Waals surface area contributed by atoms with Gasteiger partial charge in [-0.1, -0.05) is 6.92 Å². The average Bonchev–Trinajstić information content (AvgIpc) is 2.24. The van der Waals surface area contributed by atoms with E-state index in [-0.39, 0.29) is 57.1 Å². The molecule has 90 valence electrons. The zero-order chi connectivity index (χ0) is 12.0. The van der Waals surface area contributed by atoms with Gasteiger partial charge in [0.25, 0.3) is 0 Å². The topological polar surface area (TPSA) is 18.5 Å². The molecule has 0 aliphatic carbocycles. The molecule has 1 rings (SSSR count). The van der Waals surface area contributed by atoms with Gasteiger partial charge in [0.1, 0.15) is 11.5 Å². The van der Waals surface area contributed by atoms with Gasteiger partial charge < -0.3 is 22.4 Å². The second-order valence-corrected chi connectivity index (χ2v) is 3.34. The number of hydrogen-bond donors (Lipinski definition) is 0. The van der Waals surface area contributed by atoms with E-state index in [0.29, 0.717) is 12.4 Å². The average molecular weight is 272 g/mol. The third-order valence-electron chi connectivity index (χ3n) is 1.74. The monoisotopic (exact) mass is 272 g/mol. The maximum atomic E-state index is 11.9. The first-order valence-corrected chi connectivity index (χ1v) is 5.08. The molecule has 0 unspecified atom stereocenters. The molecule has 0 N–H and O–H groups in total. The minimum absolute atomic E-state index is 0. The Balaban J connectivity index is 0.00000256. The molecule has 0 bridgehead atoms. The van der Waals surface area contributed by atoms with Gasteiger partial charge in [-0.15, -0.1) is 0 Å². The minimum atomic E-state index is -4.90. The Morgan fingerprint density at radius 2 is 1.47 bits per heavy atom. The predicted molar refractivity (Wildman–Crippen MR) is 56.8 cm³/mol. The predicted octanol–water partition coefficient (Wildman–Crippen LogP) is 0.245. The van der Waals surface area contributed by atoms with E-state index < -0.39 is 13.5 Å². The summed E-state index contributed by atoms with van der Waals surface area (Å²) in [7, 11) is 0. The Kier molecular flexibility index (Phi) is 8.57. The molecule has 0 aliphatic heterocycles. The van der Waals surface area contributed by atoms with Crippen LogP contribution < -0.4 is 60.9 Å². The Bertz CT molecular complexity index is 316. The Morgan fingerprint density at radius 3 is 1.88 bits per heavy atom. The van der Waals surface area contributed by atoms with E-state index in [9.17, 15) is 12.9 Å². The summed E-state index contributed by atoms with van der Waals surface area (Å²) in [6.45, 7) is -3.55. The maximum Gasteiger partial charge on any atom is 1.00 e. The summed E-state index contributed by atoms with van der Waals surface area (Å²) in [5.41, 5.74) is 0. The van der Waals surface area contributed by atoms with E-state index >= 15 is 0 Å². The fourth-order valence-corrected chi connectivity index (χ4v) is 1.04. The van der Waals surface area contributed by atoms with Crippen molar-refractivity contribution >= 4 is 6.98 Å². The standard InChI is InChI=1S/C10H13BF3O2.K/c1-2-7-15-9-3-5-10(6-4-9)16-8-11(12,13)14;/h3-6H,2,7-8H2,1H3;/q-1;+1. The summed E-state index contributed by atoms with van der Waals surface area (Å²) in [4.78, 5) is 0. The quantitative estimate of drug-likeness (QED) is 0.691. The van der Waals surface area contributed by atoms with Crippen molar-refractivity contribution in [1.82, 2.24) is 0 Å². The summed E-state index contributed by atoms with van der Waals surface area (Å²) in [5, 5.41) is 0. The van der Waals surface area contributed by atoms with Gasteiger partial charge in [0.05, 0.1) is 13.1 Å². The molecular formula is C10H13BF3KO2. The zero-order valence-corrected chi connectivity index (χ0v) is 13.1. The fraction of sp³-hybridized carbons (Fsp3) is 0.400. The van der Waals surface area contributed by atoms with Crippen molar-refractivity contribution < 1.29 is 73.8 Å². The number of benzene rings is 1. The summed E-state index contributed by atoms with van der Waals surface area (Å²) >= 11 is 0. The molecule has 0 atom stereocenters. The van der Waals surface area contributed by atoms with Gasteiger partial charge in [-0.2, -0.15) is 0 Å². The van der Waals surface area contributed by atoms with Crippen LogP contribution in [0.2, 0.25) is 0 Å². The fourth-order valence-electron chi connectivity index (χ4n) is 1.04. The van der Waals surface area contributed by atoms with Gasteiger partial charge in [0.15, 0.2) is 0 Å². The first-order valence-electron chi connectivity index (χ1n) is 5.08. The normalized spacial score (nSPS) is 10.6. The van der Waals surface area contributed by atoms with Crippen molar-refractivity contribution in [3.8, 4) is 11.5 Å². The molecule has 0 aromatic heterocycles. The van der Waals surface area contributed by atoms with Crippen LogP contribution in [0.1, 0.15) is 13.3 Å². The van der Waals surface area contributed by atoms with Crippen LogP contribution in [-0.2, 0) is 0 Å². The maximum absolute atomic E-state index is 11.9. The van der Waals surface area contributed by atoms with Crippen LogP contribution in [0.25, 0.3) is 0 Å². The molecule has 0 radical (unpaired) electrons. The number of ether oxygens (including phenoxy) is 2. The molecular weight excluding hydrogens is 259 g/mol. The van der Waals surface area contributed by atoms with Crippen molar-refractivity contribution in [3.63, 3.8) is 0 Å². The van der Waals surface area contributed by atoms with Crippen LogP contribution in [0.5, 0.6) is 11.5 Å². The van der Waals surface area contributed by atoms with E-state index in [1.165, 1.54) is 12.1 Å². The van der Waals surface area contributed by atoms with Gasteiger partial charge in [0, 0.05) is 0 Å². The molecule has 0 fully saturated rings. The van der Waals surface area contributed by atoms with Crippen LogP contribution in [0, 0.1) is 0 Å². The number of halogens is 3. The van der Waals surface area contributed by atoms with Crippen molar-refractivity contribution in [1.29, 1.82) is 0 Å². The second kappa shape index (κ2) is 8.42.